The fraction of sp³-hybridized carbons (Fsp3) is 0.429. The first-order valence-corrected chi connectivity index (χ1v) is 7.00. The van der Waals surface area contributed by atoms with Crippen molar-refractivity contribution < 1.29 is 4.74 Å². The summed E-state index contributed by atoms with van der Waals surface area (Å²) in [5.41, 5.74) is 2.35. The maximum absolute atomic E-state index is 5.34. The summed E-state index contributed by atoms with van der Waals surface area (Å²) < 4.78 is 5.34. The van der Waals surface area contributed by atoms with Gasteiger partial charge in [-0.15, -0.1) is 0 Å². The lowest BCUT2D eigenvalue weighted by molar-refractivity contribution is 0.122. The molecular formula is C14H16BrNO. The van der Waals surface area contributed by atoms with Crippen molar-refractivity contribution in [2.24, 2.45) is 0 Å². The van der Waals surface area contributed by atoms with Gasteiger partial charge >= 0.3 is 0 Å². The van der Waals surface area contributed by atoms with Crippen molar-refractivity contribution in [2.75, 3.05) is 36.5 Å². The van der Waals surface area contributed by atoms with Crippen LogP contribution < -0.4 is 4.90 Å². The Balaban J connectivity index is 2.00. The van der Waals surface area contributed by atoms with Crippen LogP contribution in [0.1, 0.15) is 12.0 Å². The van der Waals surface area contributed by atoms with Crippen LogP contribution in [0, 0.1) is 11.8 Å². The fourth-order valence-electron chi connectivity index (χ4n) is 1.79. The number of hydrogen-bond acceptors (Lipinski definition) is 2. The number of morpholine rings is 1. The third-order valence-electron chi connectivity index (χ3n) is 2.70. The van der Waals surface area contributed by atoms with Crippen LogP contribution in [0.5, 0.6) is 0 Å². The second kappa shape index (κ2) is 6.68. The van der Waals surface area contributed by atoms with Crippen LogP contribution in [0.4, 0.5) is 5.69 Å². The lowest BCUT2D eigenvalue weighted by atomic mass is 10.2. The summed E-state index contributed by atoms with van der Waals surface area (Å²) in [6.07, 6.45) is 0.894. The van der Waals surface area contributed by atoms with E-state index < -0.39 is 0 Å². The summed E-state index contributed by atoms with van der Waals surface area (Å²) in [5, 5.41) is 0.936. The standard InChI is InChI=1S/C14H16BrNO/c15-8-2-1-3-13-4-6-14(7-5-13)16-9-11-17-12-10-16/h4-7H,2,8-12H2. The molecule has 1 saturated heterocycles. The lowest BCUT2D eigenvalue weighted by Gasteiger charge is -2.28. The van der Waals surface area contributed by atoms with E-state index in [1.807, 2.05) is 0 Å². The number of anilines is 1. The Morgan fingerprint density at radius 3 is 2.53 bits per heavy atom. The molecule has 0 unspecified atom stereocenters. The van der Waals surface area contributed by atoms with Crippen LogP contribution in [-0.4, -0.2) is 31.6 Å². The van der Waals surface area contributed by atoms with Gasteiger partial charge in [0.2, 0.25) is 0 Å². The zero-order valence-corrected chi connectivity index (χ0v) is 11.4. The molecule has 0 aliphatic carbocycles. The van der Waals surface area contributed by atoms with E-state index in [1.165, 1.54) is 5.69 Å². The van der Waals surface area contributed by atoms with E-state index in [0.29, 0.717) is 0 Å². The van der Waals surface area contributed by atoms with Crippen LogP contribution in [-0.2, 0) is 4.74 Å². The van der Waals surface area contributed by atoms with Crippen LogP contribution in [0.25, 0.3) is 0 Å². The molecule has 0 bridgehead atoms. The Morgan fingerprint density at radius 1 is 1.18 bits per heavy atom. The van der Waals surface area contributed by atoms with Crippen LogP contribution >= 0.6 is 15.9 Å². The maximum Gasteiger partial charge on any atom is 0.0642 e. The normalized spacial score (nSPS) is 15.2. The maximum atomic E-state index is 5.34. The number of benzene rings is 1. The van der Waals surface area contributed by atoms with Crippen LogP contribution in [0.3, 0.4) is 0 Å². The van der Waals surface area contributed by atoms with Crippen molar-refractivity contribution in [3.63, 3.8) is 0 Å². The lowest BCUT2D eigenvalue weighted by Crippen LogP contribution is -2.36. The van der Waals surface area contributed by atoms with E-state index in [2.05, 4.69) is 56.9 Å². The highest BCUT2D eigenvalue weighted by atomic mass is 79.9. The van der Waals surface area contributed by atoms with Gasteiger partial charge in [-0.3, -0.25) is 0 Å². The second-order valence-corrected chi connectivity index (χ2v) is 4.68. The number of rotatable bonds is 2. The first kappa shape index (κ1) is 12.5. The summed E-state index contributed by atoms with van der Waals surface area (Å²) in [4.78, 5) is 2.35. The zero-order valence-electron chi connectivity index (χ0n) is 9.79. The average Bonchev–Trinajstić information content (AvgIpc) is 2.41. The minimum atomic E-state index is 0.826. The minimum Gasteiger partial charge on any atom is -0.378 e. The molecule has 0 N–H and O–H groups in total. The predicted molar refractivity (Wildman–Crippen MR) is 74.8 cm³/mol. The van der Waals surface area contributed by atoms with Gasteiger partial charge in [-0.05, 0) is 24.3 Å². The Morgan fingerprint density at radius 2 is 1.88 bits per heavy atom. The molecule has 0 aromatic heterocycles. The third-order valence-corrected chi connectivity index (χ3v) is 3.09. The Bertz CT molecular complexity index is 398. The van der Waals surface area contributed by atoms with Gasteiger partial charge in [-0.2, -0.15) is 0 Å². The Labute approximate surface area is 111 Å². The topological polar surface area (TPSA) is 12.5 Å². The quantitative estimate of drug-likeness (QED) is 0.614. The largest absolute Gasteiger partial charge is 0.378 e. The fourth-order valence-corrected chi connectivity index (χ4v) is 1.99. The van der Waals surface area contributed by atoms with E-state index in [0.717, 1.165) is 43.6 Å². The first-order valence-electron chi connectivity index (χ1n) is 5.88. The smallest absolute Gasteiger partial charge is 0.0642 e. The summed E-state index contributed by atoms with van der Waals surface area (Å²) >= 11 is 3.37. The molecule has 0 saturated carbocycles. The molecule has 0 atom stereocenters. The first-order chi connectivity index (χ1) is 8.40. The van der Waals surface area contributed by atoms with Crippen molar-refractivity contribution in [1.82, 2.24) is 0 Å². The molecule has 0 radical (unpaired) electrons. The molecule has 1 fully saturated rings. The van der Waals surface area contributed by atoms with E-state index in [9.17, 15) is 0 Å². The molecule has 1 heterocycles. The Hall–Kier alpha value is -0.980. The van der Waals surface area contributed by atoms with Gasteiger partial charge in [0.05, 0.1) is 13.2 Å². The molecule has 2 rings (SSSR count). The molecule has 2 nitrogen and oxygen atoms in total. The molecule has 0 amide bonds. The van der Waals surface area contributed by atoms with Crippen molar-refractivity contribution in [3.8, 4) is 11.8 Å². The van der Waals surface area contributed by atoms with Gasteiger partial charge in [0, 0.05) is 36.1 Å². The van der Waals surface area contributed by atoms with Gasteiger partial charge in [0.1, 0.15) is 0 Å². The number of hydrogen-bond donors (Lipinski definition) is 0. The van der Waals surface area contributed by atoms with E-state index >= 15 is 0 Å². The molecule has 17 heavy (non-hydrogen) atoms. The zero-order chi connectivity index (χ0) is 11.9. The molecule has 90 valence electrons. The van der Waals surface area contributed by atoms with E-state index in [4.69, 9.17) is 4.74 Å². The highest BCUT2D eigenvalue weighted by Crippen LogP contribution is 2.16. The number of nitrogens with zero attached hydrogens (tertiary/aromatic N) is 1. The molecule has 1 aromatic carbocycles. The van der Waals surface area contributed by atoms with E-state index in [1.54, 1.807) is 0 Å². The molecule has 0 spiro atoms. The van der Waals surface area contributed by atoms with Crippen molar-refractivity contribution >= 4 is 21.6 Å². The van der Waals surface area contributed by atoms with E-state index in [-0.39, 0.29) is 0 Å². The van der Waals surface area contributed by atoms with Gasteiger partial charge in [-0.25, -0.2) is 0 Å². The van der Waals surface area contributed by atoms with Crippen molar-refractivity contribution in [1.29, 1.82) is 0 Å². The summed E-state index contributed by atoms with van der Waals surface area (Å²) in [6.45, 7) is 3.61. The van der Waals surface area contributed by atoms with Crippen LogP contribution in [0.2, 0.25) is 0 Å². The summed E-state index contributed by atoms with van der Waals surface area (Å²) in [6, 6.07) is 8.46. The van der Waals surface area contributed by atoms with Gasteiger partial charge in [-0.1, -0.05) is 27.8 Å². The second-order valence-electron chi connectivity index (χ2n) is 3.89. The highest BCUT2D eigenvalue weighted by molar-refractivity contribution is 9.09. The van der Waals surface area contributed by atoms with Gasteiger partial charge in [0.25, 0.3) is 0 Å². The molecule has 1 aliphatic heterocycles. The van der Waals surface area contributed by atoms with Crippen molar-refractivity contribution in [2.45, 2.75) is 6.42 Å². The number of alkyl halides is 1. The molecule has 3 heteroatoms. The van der Waals surface area contributed by atoms with Gasteiger partial charge in [0.15, 0.2) is 0 Å². The van der Waals surface area contributed by atoms with Crippen LogP contribution in [0.15, 0.2) is 24.3 Å². The average molecular weight is 294 g/mol. The van der Waals surface area contributed by atoms with Crippen molar-refractivity contribution in [3.05, 3.63) is 29.8 Å². The number of halogens is 1. The third kappa shape index (κ3) is 3.76. The SMILES string of the molecule is BrCCC#Cc1ccc(N2CCOCC2)cc1. The monoisotopic (exact) mass is 293 g/mol. The highest BCUT2D eigenvalue weighted by Gasteiger charge is 2.10. The molecule has 1 aromatic rings. The molecule has 1 aliphatic rings. The molecular weight excluding hydrogens is 278 g/mol. The predicted octanol–water partition coefficient (Wildman–Crippen LogP) is 2.66. The minimum absolute atomic E-state index is 0.826. The summed E-state index contributed by atoms with van der Waals surface area (Å²) in [7, 11) is 0. The van der Waals surface area contributed by atoms with Gasteiger partial charge < -0.3 is 9.64 Å². The summed E-state index contributed by atoms with van der Waals surface area (Å²) in [5.74, 6) is 6.27. The number of ether oxygens (including phenoxy) is 1. The Kier molecular flexibility index (Phi) is 4.90.